The third kappa shape index (κ3) is 3.71. The Hall–Kier alpha value is -1.88. The number of ether oxygens (including phenoxy) is 1. The molecule has 5 heteroatoms. The largest absolute Gasteiger partial charge is 0.381 e. The second-order valence-corrected chi connectivity index (χ2v) is 7.91. The van der Waals surface area contributed by atoms with Crippen LogP contribution in [0.5, 0.6) is 0 Å². The zero-order valence-corrected chi connectivity index (χ0v) is 15.8. The van der Waals surface area contributed by atoms with Crippen molar-refractivity contribution in [1.29, 1.82) is 0 Å². The van der Waals surface area contributed by atoms with E-state index in [1.165, 1.54) is 0 Å². The average Bonchev–Trinajstić information content (AvgIpc) is 2.99. The number of hydrogen-bond acceptors (Lipinski definition) is 3. The van der Waals surface area contributed by atoms with Gasteiger partial charge in [-0.3, -0.25) is 4.79 Å². The Morgan fingerprint density at radius 2 is 2.16 bits per heavy atom. The van der Waals surface area contributed by atoms with Gasteiger partial charge >= 0.3 is 0 Å². The van der Waals surface area contributed by atoms with Crippen LogP contribution in [0.25, 0.3) is 5.52 Å². The Kier molecular flexibility index (Phi) is 5.13. The van der Waals surface area contributed by atoms with Crippen LogP contribution in [0.4, 0.5) is 0 Å². The lowest BCUT2D eigenvalue weighted by atomic mass is 9.96. The van der Waals surface area contributed by atoms with Gasteiger partial charge in [0.15, 0.2) is 5.69 Å². The van der Waals surface area contributed by atoms with Crippen LogP contribution in [0.2, 0.25) is 0 Å². The van der Waals surface area contributed by atoms with Crippen LogP contribution in [0, 0.1) is 5.92 Å². The number of piperidine rings is 1. The summed E-state index contributed by atoms with van der Waals surface area (Å²) in [7, 11) is 0. The second-order valence-electron chi connectivity index (χ2n) is 7.91. The quantitative estimate of drug-likeness (QED) is 0.853. The Morgan fingerprint density at radius 1 is 1.36 bits per heavy atom. The number of rotatable bonds is 4. The lowest BCUT2D eigenvalue weighted by Gasteiger charge is -2.32. The highest BCUT2D eigenvalue weighted by molar-refractivity contribution is 5.99. The zero-order chi connectivity index (χ0) is 18.0. The summed E-state index contributed by atoms with van der Waals surface area (Å²) >= 11 is 0. The van der Waals surface area contributed by atoms with E-state index in [9.17, 15) is 4.79 Å². The Labute approximate surface area is 150 Å². The first-order valence-electron chi connectivity index (χ1n) is 9.26. The molecule has 3 rings (SSSR count). The summed E-state index contributed by atoms with van der Waals surface area (Å²) in [6, 6.07) is 5.93. The van der Waals surface area contributed by atoms with E-state index in [4.69, 9.17) is 9.72 Å². The molecule has 2 aromatic heterocycles. The van der Waals surface area contributed by atoms with Crippen LogP contribution < -0.4 is 0 Å². The topological polar surface area (TPSA) is 46.8 Å². The maximum atomic E-state index is 13.2. The fourth-order valence-electron chi connectivity index (χ4n) is 3.54. The number of nitrogens with zero attached hydrogens (tertiary/aromatic N) is 3. The first kappa shape index (κ1) is 17.9. The van der Waals surface area contributed by atoms with Gasteiger partial charge in [0.25, 0.3) is 5.91 Å². The van der Waals surface area contributed by atoms with E-state index >= 15 is 0 Å². The molecule has 0 aromatic carbocycles. The van der Waals surface area contributed by atoms with Crippen LogP contribution in [0.15, 0.2) is 24.4 Å². The van der Waals surface area contributed by atoms with Crippen LogP contribution >= 0.6 is 0 Å². The van der Waals surface area contributed by atoms with Gasteiger partial charge in [0.1, 0.15) is 5.82 Å². The van der Waals surface area contributed by atoms with Gasteiger partial charge in [0, 0.05) is 31.3 Å². The number of amides is 1. The van der Waals surface area contributed by atoms with Crippen molar-refractivity contribution in [3.05, 3.63) is 35.9 Å². The van der Waals surface area contributed by atoms with E-state index in [1.807, 2.05) is 36.2 Å². The van der Waals surface area contributed by atoms with Gasteiger partial charge in [-0.05, 0) is 37.8 Å². The third-order valence-electron chi connectivity index (χ3n) is 4.79. The van der Waals surface area contributed by atoms with Gasteiger partial charge in [-0.1, -0.05) is 26.8 Å². The summed E-state index contributed by atoms with van der Waals surface area (Å²) < 4.78 is 7.62. The fraction of sp³-hybridized carbons (Fsp3) is 0.600. The van der Waals surface area contributed by atoms with Crippen molar-refractivity contribution in [3.8, 4) is 0 Å². The molecule has 2 aromatic rings. The standard InChI is InChI=1S/C20H29N3O2/c1-5-25-14-15-9-8-11-22(13-15)18(24)17-16-10-6-7-12-23(16)19(21-17)20(2,3)4/h6-7,10,12,15H,5,8-9,11,13-14H2,1-4H3. The fourth-order valence-corrected chi connectivity index (χ4v) is 3.54. The molecule has 1 fully saturated rings. The summed E-state index contributed by atoms with van der Waals surface area (Å²) in [6.45, 7) is 11.4. The minimum atomic E-state index is -0.123. The molecule has 1 atom stereocenters. The summed E-state index contributed by atoms with van der Waals surface area (Å²) in [6.07, 6.45) is 4.15. The van der Waals surface area contributed by atoms with Crippen molar-refractivity contribution in [2.24, 2.45) is 5.92 Å². The summed E-state index contributed by atoms with van der Waals surface area (Å²) in [5.41, 5.74) is 1.34. The average molecular weight is 343 g/mol. The number of carbonyl (C=O) groups excluding carboxylic acids is 1. The van der Waals surface area contributed by atoms with Gasteiger partial charge in [0.05, 0.1) is 12.1 Å². The number of likely N-dealkylation sites (tertiary alicyclic amines) is 1. The smallest absolute Gasteiger partial charge is 0.274 e. The number of hydrogen-bond donors (Lipinski definition) is 0. The molecule has 25 heavy (non-hydrogen) atoms. The Morgan fingerprint density at radius 3 is 2.88 bits per heavy atom. The molecule has 0 bridgehead atoms. The van der Waals surface area contributed by atoms with E-state index in [0.717, 1.165) is 50.5 Å². The molecule has 1 aliphatic heterocycles. The van der Waals surface area contributed by atoms with E-state index in [1.54, 1.807) is 0 Å². The number of aromatic nitrogens is 2. The van der Waals surface area contributed by atoms with Crippen molar-refractivity contribution < 1.29 is 9.53 Å². The van der Waals surface area contributed by atoms with Gasteiger partial charge in [-0.15, -0.1) is 0 Å². The highest BCUT2D eigenvalue weighted by Gasteiger charge is 2.30. The molecule has 0 radical (unpaired) electrons. The van der Waals surface area contributed by atoms with Gasteiger partial charge < -0.3 is 14.0 Å². The number of imidazole rings is 1. The molecule has 0 saturated carbocycles. The van der Waals surface area contributed by atoms with E-state index in [2.05, 4.69) is 25.2 Å². The van der Waals surface area contributed by atoms with Gasteiger partial charge in [0.2, 0.25) is 0 Å². The first-order chi connectivity index (χ1) is 11.9. The summed E-state index contributed by atoms with van der Waals surface area (Å²) in [5, 5.41) is 0. The van der Waals surface area contributed by atoms with Crippen molar-refractivity contribution in [1.82, 2.24) is 14.3 Å². The predicted octanol–water partition coefficient (Wildman–Crippen LogP) is 3.52. The molecule has 5 nitrogen and oxygen atoms in total. The van der Waals surface area contributed by atoms with Crippen molar-refractivity contribution in [3.63, 3.8) is 0 Å². The molecule has 1 unspecified atom stereocenters. The maximum absolute atomic E-state index is 13.2. The monoisotopic (exact) mass is 343 g/mol. The van der Waals surface area contributed by atoms with Crippen LogP contribution in [-0.4, -0.2) is 46.5 Å². The van der Waals surface area contributed by atoms with E-state index < -0.39 is 0 Å². The molecule has 1 amide bonds. The summed E-state index contributed by atoms with van der Waals surface area (Å²) in [4.78, 5) is 19.9. The highest BCUT2D eigenvalue weighted by Crippen LogP contribution is 2.26. The molecule has 1 saturated heterocycles. The maximum Gasteiger partial charge on any atom is 0.274 e. The number of carbonyl (C=O) groups is 1. The van der Waals surface area contributed by atoms with Crippen LogP contribution in [0.3, 0.4) is 0 Å². The lowest BCUT2D eigenvalue weighted by Crippen LogP contribution is -2.41. The molecule has 0 spiro atoms. The Balaban J connectivity index is 1.90. The van der Waals surface area contributed by atoms with E-state index in [-0.39, 0.29) is 11.3 Å². The van der Waals surface area contributed by atoms with Gasteiger partial charge in [-0.2, -0.15) is 0 Å². The van der Waals surface area contributed by atoms with Gasteiger partial charge in [-0.25, -0.2) is 4.98 Å². The number of pyridine rings is 1. The molecular weight excluding hydrogens is 314 g/mol. The van der Waals surface area contributed by atoms with E-state index in [0.29, 0.717) is 11.6 Å². The lowest BCUT2D eigenvalue weighted by molar-refractivity contribution is 0.0498. The van der Waals surface area contributed by atoms with Crippen molar-refractivity contribution in [2.75, 3.05) is 26.3 Å². The third-order valence-corrected chi connectivity index (χ3v) is 4.79. The Bertz CT molecular complexity index is 745. The minimum absolute atomic E-state index is 0.0420. The SMILES string of the molecule is CCOCC1CCCN(C(=O)c2nc(C(C)(C)C)n3ccccc23)C1. The molecule has 1 aliphatic rings. The normalized spacial score (nSPS) is 18.7. The van der Waals surface area contributed by atoms with Crippen LogP contribution in [0.1, 0.15) is 56.8 Å². The van der Waals surface area contributed by atoms with Crippen molar-refractivity contribution in [2.45, 2.75) is 46.0 Å². The molecule has 0 N–H and O–H groups in total. The zero-order valence-electron chi connectivity index (χ0n) is 15.8. The highest BCUT2D eigenvalue weighted by atomic mass is 16.5. The predicted molar refractivity (Wildman–Crippen MR) is 99.0 cm³/mol. The van der Waals surface area contributed by atoms with Crippen molar-refractivity contribution >= 4 is 11.4 Å². The molecule has 0 aliphatic carbocycles. The summed E-state index contributed by atoms with van der Waals surface area (Å²) in [5.74, 6) is 1.39. The number of fused-ring (bicyclic) bond motifs is 1. The second kappa shape index (κ2) is 7.16. The molecular formula is C20H29N3O2. The molecule has 136 valence electrons. The first-order valence-corrected chi connectivity index (χ1v) is 9.26. The molecule has 3 heterocycles. The minimum Gasteiger partial charge on any atom is -0.381 e. The van der Waals surface area contributed by atoms with Crippen LogP contribution in [-0.2, 0) is 10.2 Å².